The quantitative estimate of drug-likeness (QED) is 0.656. The summed E-state index contributed by atoms with van der Waals surface area (Å²) >= 11 is 1.56. The molecule has 1 atom stereocenters. The van der Waals surface area contributed by atoms with E-state index in [2.05, 4.69) is 20.9 Å². The molecule has 1 aliphatic rings. The molecule has 0 bridgehead atoms. The van der Waals surface area contributed by atoms with Gasteiger partial charge >= 0.3 is 0 Å². The summed E-state index contributed by atoms with van der Waals surface area (Å²) in [5.41, 5.74) is 0.862. The molecule has 0 spiro atoms. The smallest absolute Gasteiger partial charge is 0.239 e. The van der Waals surface area contributed by atoms with Crippen LogP contribution >= 0.6 is 11.3 Å². The molecular weight excluding hydrogens is 240 g/mol. The molecule has 92 valence electrons. The number of amides is 2. The van der Waals surface area contributed by atoms with Crippen molar-refractivity contribution in [1.82, 2.24) is 20.9 Å². The standard InChI is InChI=1S/C10H14N4O2S/c1-6-14-7(5-17-6)2-13-10(16)8-3-12-9(15)4-11-8/h5,8,11H,2-4H2,1H3,(H,12,15)(H,13,16). The molecule has 3 N–H and O–H groups in total. The average Bonchev–Trinajstić information content (AvgIpc) is 2.73. The van der Waals surface area contributed by atoms with E-state index in [9.17, 15) is 9.59 Å². The molecule has 2 amide bonds. The van der Waals surface area contributed by atoms with Crippen LogP contribution in [0.5, 0.6) is 0 Å². The first kappa shape index (κ1) is 12.0. The lowest BCUT2D eigenvalue weighted by Crippen LogP contribution is -2.57. The Balaban J connectivity index is 1.79. The highest BCUT2D eigenvalue weighted by molar-refractivity contribution is 7.09. The number of aryl methyl sites for hydroxylation is 1. The molecule has 1 aromatic heterocycles. The van der Waals surface area contributed by atoms with Gasteiger partial charge in [0.25, 0.3) is 0 Å². The molecule has 1 unspecified atom stereocenters. The number of aromatic nitrogens is 1. The zero-order valence-electron chi connectivity index (χ0n) is 9.45. The largest absolute Gasteiger partial charge is 0.353 e. The summed E-state index contributed by atoms with van der Waals surface area (Å²) in [4.78, 5) is 26.9. The summed E-state index contributed by atoms with van der Waals surface area (Å²) in [5, 5.41) is 11.2. The van der Waals surface area contributed by atoms with E-state index in [4.69, 9.17) is 0 Å². The minimum absolute atomic E-state index is 0.0795. The van der Waals surface area contributed by atoms with Crippen LogP contribution in [0.4, 0.5) is 0 Å². The second-order valence-corrected chi connectivity index (χ2v) is 4.88. The molecule has 1 aliphatic heterocycles. The highest BCUT2D eigenvalue weighted by Crippen LogP contribution is 2.07. The third kappa shape index (κ3) is 3.24. The van der Waals surface area contributed by atoms with Gasteiger partial charge in [-0.2, -0.15) is 0 Å². The van der Waals surface area contributed by atoms with Crippen molar-refractivity contribution >= 4 is 23.2 Å². The van der Waals surface area contributed by atoms with Gasteiger partial charge in [0.15, 0.2) is 0 Å². The van der Waals surface area contributed by atoms with E-state index < -0.39 is 0 Å². The van der Waals surface area contributed by atoms with Gasteiger partial charge in [-0.15, -0.1) is 11.3 Å². The van der Waals surface area contributed by atoms with E-state index in [1.54, 1.807) is 11.3 Å². The zero-order chi connectivity index (χ0) is 12.3. The predicted octanol–water partition coefficient (Wildman–Crippen LogP) is -0.844. The van der Waals surface area contributed by atoms with Gasteiger partial charge in [0.1, 0.15) is 6.04 Å². The molecule has 1 fully saturated rings. The normalized spacial score (nSPS) is 19.8. The maximum absolute atomic E-state index is 11.7. The molecule has 0 radical (unpaired) electrons. The first-order chi connectivity index (χ1) is 8.15. The van der Waals surface area contributed by atoms with Crippen LogP contribution in [0.1, 0.15) is 10.7 Å². The van der Waals surface area contributed by atoms with Crippen LogP contribution in [0, 0.1) is 6.92 Å². The number of nitrogens with one attached hydrogen (secondary N) is 3. The third-order valence-electron chi connectivity index (χ3n) is 2.44. The van der Waals surface area contributed by atoms with Gasteiger partial charge in [0, 0.05) is 11.9 Å². The van der Waals surface area contributed by atoms with Crippen molar-refractivity contribution in [2.75, 3.05) is 13.1 Å². The predicted molar refractivity (Wildman–Crippen MR) is 63.5 cm³/mol. The highest BCUT2D eigenvalue weighted by Gasteiger charge is 2.23. The second kappa shape index (κ2) is 5.24. The Kier molecular flexibility index (Phi) is 3.70. The number of piperazine rings is 1. The highest BCUT2D eigenvalue weighted by atomic mass is 32.1. The fourth-order valence-electron chi connectivity index (χ4n) is 1.54. The maximum Gasteiger partial charge on any atom is 0.239 e. The minimum atomic E-state index is -0.354. The molecule has 17 heavy (non-hydrogen) atoms. The van der Waals surface area contributed by atoms with Crippen LogP contribution in [0.2, 0.25) is 0 Å². The Hall–Kier alpha value is -1.47. The van der Waals surface area contributed by atoms with Gasteiger partial charge in [-0.05, 0) is 6.92 Å². The van der Waals surface area contributed by atoms with Gasteiger partial charge in [-0.1, -0.05) is 0 Å². The number of carbonyl (C=O) groups is 2. The fourth-order valence-corrected chi connectivity index (χ4v) is 2.15. The van der Waals surface area contributed by atoms with Crippen molar-refractivity contribution < 1.29 is 9.59 Å². The molecule has 0 aromatic carbocycles. The van der Waals surface area contributed by atoms with E-state index in [0.717, 1.165) is 10.7 Å². The van der Waals surface area contributed by atoms with Gasteiger partial charge in [0.05, 0.1) is 23.8 Å². The second-order valence-electron chi connectivity index (χ2n) is 3.81. The Morgan fingerprint density at radius 3 is 3.12 bits per heavy atom. The Morgan fingerprint density at radius 2 is 2.53 bits per heavy atom. The first-order valence-electron chi connectivity index (χ1n) is 5.34. The monoisotopic (exact) mass is 254 g/mol. The molecule has 1 saturated heterocycles. The molecule has 2 heterocycles. The molecule has 6 nitrogen and oxygen atoms in total. The number of rotatable bonds is 3. The van der Waals surface area contributed by atoms with Crippen LogP contribution in [-0.2, 0) is 16.1 Å². The number of carbonyl (C=O) groups excluding carboxylic acids is 2. The number of nitrogens with zero attached hydrogens (tertiary/aromatic N) is 1. The zero-order valence-corrected chi connectivity index (χ0v) is 10.3. The Morgan fingerprint density at radius 1 is 1.71 bits per heavy atom. The average molecular weight is 254 g/mol. The minimum Gasteiger partial charge on any atom is -0.353 e. The van der Waals surface area contributed by atoms with Crippen LogP contribution in [0.15, 0.2) is 5.38 Å². The lowest BCUT2D eigenvalue weighted by atomic mass is 10.2. The summed E-state index contributed by atoms with van der Waals surface area (Å²) in [5.74, 6) is -0.195. The summed E-state index contributed by atoms with van der Waals surface area (Å²) in [6, 6.07) is -0.354. The lowest BCUT2D eigenvalue weighted by Gasteiger charge is -2.22. The number of hydrogen-bond acceptors (Lipinski definition) is 5. The van der Waals surface area contributed by atoms with Crippen molar-refractivity contribution in [1.29, 1.82) is 0 Å². The van der Waals surface area contributed by atoms with Crippen molar-refractivity contribution in [3.8, 4) is 0 Å². The first-order valence-corrected chi connectivity index (χ1v) is 6.22. The number of thiazole rings is 1. The van der Waals surface area contributed by atoms with Gasteiger partial charge in [-0.3, -0.25) is 14.9 Å². The molecule has 7 heteroatoms. The Labute approximate surface area is 103 Å². The topological polar surface area (TPSA) is 83.1 Å². The molecule has 2 rings (SSSR count). The van der Waals surface area contributed by atoms with E-state index in [-0.39, 0.29) is 24.4 Å². The van der Waals surface area contributed by atoms with E-state index in [0.29, 0.717) is 13.1 Å². The lowest BCUT2D eigenvalue weighted by molar-refractivity contribution is -0.126. The van der Waals surface area contributed by atoms with Gasteiger partial charge in [0.2, 0.25) is 11.8 Å². The van der Waals surface area contributed by atoms with Crippen molar-refractivity contribution in [2.24, 2.45) is 0 Å². The molecular formula is C10H14N4O2S. The molecule has 0 saturated carbocycles. The van der Waals surface area contributed by atoms with Gasteiger partial charge < -0.3 is 10.6 Å². The van der Waals surface area contributed by atoms with Crippen LogP contribution in [0.3, 0.4) is 0 Å². The van der Waals surface area contributed by atoms with E-state index in [1.807, 2.05) is 12.3 Å². The van der Waals surface area contributed by atoms with E-state index in [1.165, 1.54) is 0 Å². The Bertz CT molecular complexity index is 422. The maximum atomic E-state index is 11.7. The third-order valence-corrected chi connectivity index (χ3v) is 3.26. The fraction of sp³-hybridized carbons (Fsp3) is 0.500. The van der Waals surface area contributed by atoms with Crippen LogP contribution in [0.25, 0.3) is 0 Å². The SMILES string of the molecule is Cc1nc(CNC(=O)C2CNC(=O)CN2)cs1. The summed E-state index contributed by atoms with van der Waals surface area (Å²) in [7, 11) is 0. The summed E-state index contributed by atoms with van der Waals surface area (Å²) < 4.78 is 0. The summed E-state index contributed by atoms with van der Waals surface area (Å²) in [6.07, 6.45) is 0. The van der Waals surface area contributed by atoms with Crippen molar-refractivity contribution in [3.05, 3.63) is 16.1 Å². The van der Waals surface area contributed by atoms with Crippen LogP contribution < -0.4 is 16.0 Å². The van der Waals surface area contributed by atoms with Gasteiger partial charge in [-0.25, -0.2) is 4.98 Å². The van der Waals surface area contributed by atoms with Crippen LogP contribution in [-0.4, -0.2) is 35.9 Å². The number of hydrogen-bond donors (Lipinski definition) is 3. The molecule has 0 aliphatic carbocycles. The molecule has 1 aromatic rings. The van der Waals surface area contributed by atoms with E-state index >= 15 is 0 Å². The summed E-state index contributed by atoms with van der Waals surface area (Å²) in [6.45, 7) is 2.87. The van der Waals surface area contributed by atoms with Crippen molar-refractivity contribution in [2.45, 2.75) is 19.5 Å². The van der Waals surface area contributed by atoms with Crippen molar-refractivity contribution in [3.63, 3.8) is 0 Å².